The van der Waals surface area contributed by atoms with Crippen LogP contribution < -0.4 is 21.5 Å². The number of carbonyl (C=O) groups excluding carboxylic acids is 1. The minimum Gasteiger partial charge on any atom is -0.496 e. The summed E-state index contributed by atoms with van der Waals surface area (Å²) in [6, 6.07) is 17.5. The van der Waals surface area contributed by atoms with Crippen LogP contribution >= 0.6 is 22.7 Å². The third-order valence-corrected chi connectivity index (χ3v) is 7.84. The molecule has 1 amide bonds. The van der Waals surface area contributed by atoms with Crippen LogP contribution in [0.25, 0.3) is 32.6 Å². The van der Waals surface area contributed by atoms with Crippen molar-refractivity contribution in [1.82, 2.24) is 9.97 Å². The summed E-state index contributed by atoms with van der Waals surface area (Å²) in [4.78, 5) is 23.0. The second-order valence-electron chi connectivity index (χ2n) is 8.13. The van der Waals surface area contributed by atoms with Gasteiger partial charge in [0.25, 0.3) is 5.91 Å². The monoisotopic (exact) mass is 526 g/mol. The Morgan fingerprint density at radius 1 is 1.14 bits per heavy atom. The van der Waals surface area contributed by atoms with Gasteiger partial charge in [0, 0.05) is 21.9 Å². The van der Waals surface area contributed by atoms with Gasteiger partial charge in [-0.3, -0.25) is 10.1 Å². The number of hydrogen-bond acceptors (Lipinski definition) is 9. The van der Waals surface area contributed by atoms with Crippen molar-refractivity contribution in [1.29, 1.82) is 5.26 Å². The molecule has 0 radical (unpaired) electrons. The number of para-hydroxylation sites is 1. The Morgan fingerprint density at radius 3 is 2.59 bits per heavy atom. The number of methoxy groups -OCH3 is 1. The number of amides is 1. The van der Waals surface area contributed by atoms with Crippen LogP contribution in [0.3, 0.4) is 0 Å². The van der Waals surface area contributed by atoms with Gasteiger partial charge in [-0.25, -0.2) is 9.97 Å². The van der Waals surface area contributed by atoms with E-state index < -0.39 is 5.91 Å². The zero-order valence-electron chi connectivity index (χ0n) is 20.0. The van der Waals surface area contributed by atoms with Gasteiger partial charge < -0.3 is 16.2 Å². The minimum absolute atomic E-state index is 0.0964. The van der Waals surface area contributed by atoms with Crippen LogP contribution in [0, 0.1) is 11.3 Å². The summed E-state index contributed by atoms with van der Waals surface area (Å²) in [7, 11) is 1.60. The van der Waals surface area contributed by atoms with E-state index in [0.717, 1.165) is 34.4 Å². The van der Waals surface area contributed by atoms with Gasteiger partial charge in [0.2, 0.25) is 0 Å². The number of fused-ring (bicyclic) bond motifs is 1. The number of hydrogen-bond donors (Lipinski definition) is 3. The first-order chi connectivity index (χ1) is 17.9. The molecule has 3 heterocycles. The molecule has 37 heavy (non-hydrogen) atoms. The van der Waals surface area contributed by atoms with Gasteiger partial charge in [-0.15, -0.1) is 22.7 Å². The minimum atomic E-state index is -0.411. The van der Waals surface area contributed by atoms with Crippen LogP contribution in [0.2, 0.25) is 0 Å². The van der Waals surface area contributed by atoms with Crippen molar-refractivity contribution in [3.8, 4) is 34.2 Å². The number of pyridine rings is 1. The second kappa shape index (κ2) is 9.89. The lowest BCUT2D eigenvalue weighted by Gasteiger charge is -2.10. The average molecular weight is 527 g/mol. The Balaban J connectivity index is 1.54. The van der Waals surface area contributed by atoms with Gasteiger partial charge in [-0.1, -0.05) is 43.3 Å². The van der Waals surface area contributed by atoms with E-state index >= 15 is 0 Å². The van der Waals surface area contributed by atoms with Crippen molar-refractivity contribution in [3.63, 3.8) is 0 Å². The highest BCUT2D eigenvalue weighted by molar-refractivity contribution is 7.21. The smallest absolute Gasteiger partial charge is 0.269 e. The molecular weight excluding hydrogens is 504 g/mol. The fraction of sp³-hybridized carbons (Fsp3) is 0.111. The number of thiophene rings is 1. The maximum absolute atomic E-state index is 13.3. The topological polar surface area (TPSA) is 140 Å². The van der Waals surface area contributed by atoms with E-state index in [4.69, 9.17) is 16.2 Å². The zero-order valence-corrected chi connectivity index (χ0v) is 21.7. The summed E-state index contributed by atoms with van der Waals surface area (Å²) in [6.45, 7) is 2.07. The van der Waals surface area contributed by atoms with Gasteiger partial charge in [0.05, 0.1) is 18.5 Å². The van der Waals surface area contributed by atoms with Crippen LogP contribution in [-0.4, -0.2) is 23.0 Å². The van der Waals surface area contributed by atoms with Gasteiger partial charge in [-0.2, -0.15) is 5.26 Å². The molecule has 184 valence electrons. The van der Waals surface area contributed by atoms with Crippen LogP contribution in [0.4, 0.5) is 16.6 Å². The highest BCUT2D eigenvalue weighted by Crippen LogP contribution is 2.43. The molecule has 0 aliphatic carbocycles. The number of carbonyl (C=O) groups is 1. The number of thiazole rings is 1. The summed E-state index contributed by atoms with van der Waals surface area (Å²) in [6.07, 6.45) is 0.889. The predicted molar refractivity (Wildman–Crippen MR) is 150 cm³/mol. The quantitative estimate of drug-likeness (QED) is 0.248. The molecule has 0 aliphatic rings. The molecule has 2 aromatic carbocycles. The first kappa shape index (κ1) is 24.2. The summed E-state index contributed by atoms with van der Waals surface area (Å²) >= 11 is 2.43. The van der Waals surface area contributed by atoms with E-state index in [0.29, 0.717) is 32.4 Å². The molecule has 0 atom stereocenters. The highest BCUT2D eigenvalue weighted by atomic mass is 32.1. The van der Waals surface area contributed by atoms with Crippen molar-refractivity contribution in [2.24, 2.45) is 0 Å². The molecule has 0 aliphatic heterocycles. The molecule has 0 saturated carbocycles. The van der Waals surface area contributed by atoms with E-state index in [-0.39, 0.29) is 21.9 Å². The Morgan fingerprint density at radius 2 is 1.89 bits per heavy atom. The maximum Gasteiger partial charge on any atom is 0.269 e. The third-order valence-electron chi connectivity index (χ3n) is 5.98. The number of ether oxygens (including phenoxy) is 1. The standard InChI is InChI=1S/C27H22N6O2S2/c1-3-14-8-10-15(11-9-14)20-17(12-28)24(30)32-26-21(20)22(29)23(37-26)25(34)33-27-31-18(13-36-27)16-6-4-5-7-19(16)35-2/h4-11,13H,3,29H2,1-2H3,(H2,30,32)(H,31,33,34). The van der Waals surface area contributed by atoms with Crippen molar-refractivity contribution < 1.29 is 9.53 Å². The van der Waals surface area contributed by atoms with Gasteiger partial charge in [0.15, 0.2) is 5.13 Å². The average Bonchev–Trinajstić information content (AvgIpc) is 3.52. The summed E-state index contributed by atoms with van der Waals surface area (Å²) in [5.74, 6) is 0.376. The Hall–Kier alpha value is -4.46. The first-order valence-corrected chi connectivity index (χ1v) is 13.1. The largest absolute Gasteiger partial charge is 0.496 e. The number of anilines is 3. The number of nitrogen functional groups attached to an aromatic ring is 2. The van der Waals surface area contributed by atoms with Gasteiger partial charge >= 0.3 is 0 Å². The fourth-order valence-corrected chi connectivity index (χ4v) is 5.83. The molecule has 0 fully saturated rings. The van der Waals surface area contributed by atoms with Crippen LogP contribution in [0.1, 0.15) is 27.7 Å². The lowest BCUT2D eigenvalue weighted by atomic mass is 9.96. The molecule has 8 nitrogen and oxygen atoms in total. The van der Waals surface area contributed by atoms with Crippen LogP contribution in [0.15, 0.2) is 53.9 Å². The number of nitrogens with zero attached hydrogens (tertiary/aromatic N) is 3. The van der Waals surface area contributed by atoms with Crippen molar-refractivity contribution in [2.75, 3.05) is 23.9 Å². The van der Waals surface area contributed by atoms with E-state index in [1.165, 1.54) is 11.3 Å². The Kier molecular flexibility index (Phi) is 6.48. The summed E-state index contributed by atoms with van der Waals surface area (Å²) in [5.41, 5.74) is 17.2. The molecule has 5 aromatic rings. The van der Waals surface area contributed by atoms with E-state index in [9.17, 15) is 10.1 Å². The highest BCUT2D eigenvalue weighted by Gasteiger charge is 2.25. The Bertz CT molecular complexity index is 1680. The number of nitrogens with one attached hydrogen (secondary N) is 1. The molecule has 5 N–H and O–H groups in total. The number of aryl methyl sites for hydroxylation is 1. The molecule has 0 saturated heterocycles. The first-order valence-electron chi connectivity index (χ1n) is 11.4. The van der Waals surface area contributed by atoms with Crippen molar-refractivity contribution >= 4 is 55.4 Å². The lowest BCUT2D eigenvalue weighted by molar-refractivity contribution is 0.103. The molecule has 0 unspecified atom stereocenters. The summed E-state index contributed by atoms with van der Waals surface area (Å²) < 4.78 is 5.42. The zero-order chi connectivity index (χ0) is 26.1. The number of benzene rings is 2. The number of nitriles is 1. The predicted octanol–water partition coefficient (Wildman–Crippen LogP) is 5.95. The number of nitrogens with two attached hydrogens (primary N) is 2. The van der Waals surface area contributed by atoms with Crippen molar-refractivity contribution in [2.45, 2.75) is 13.3 Å². The second-order valence-corrected chi connectivity index (χ2v) is 9.98. The SMILES string of the molecule is CCc1ccc(-c2c(C#N)c(N)nc3sc(C(=O)Nc4nc(-c5ccccc5OC)cs4)c(N)c23)cc1. The molecule has 0 spiro atoms. The normalized spacial score (nSPS) is 10.8. The van der Waals surface area contributed by atoms with Gasteiger partial charge in [-0.05, 0) is 29.7 Å². The Labute approximate surface area is 221 Å². The lowest BCUT2D eigenvalue weighted by Crippen LogP contribution is -2.11. The van der Waals surface area contributed by atoms with E-state index in [1.54, 1.807) is 7.11 Å². The number of rotatable bonds is 6. The van der Waals surface area contributed by atoms with E-state index in [1.807, 2.05) is 53.9 Å². The number of aromatic nitrogens is 2. The third kappa shape index (κ3) is 4.35. The molecule has 5 rings (SSSR count). The molecule has 0 bridgehead atoms. The van der Waals surface area contributed by atoms with Crippen LogP contribution in [-0.2, 0) is 6.42 Å². The fourth-order valence-electron chi connectivity index (χ4n) is 4.11. The van der Waals surface area contributed by atoms with Crippen molar-refractivity contribution in [3.05, 3.63) is 69.9 Å². The van der Waals surface area contributed by atoms with E-state index in [2.05, 4.69) is 28.3 Å². The molecular formula is C27H22N6O2S2. The molecule has 10 heteroatoms. The summed E-state index contributed by atoms with van der Waals surface area (Å²) in [5, 5.41) is 15.5. The van der Waals surface area contributed by atoms with Gasteiger partial charge in [0.1, 0.15) is 32.9 Å². The maximum atomic E-state index is 13.3. The van der Waals surface area contributed by atoms with Crippen LogP contribution in [0.5, 0.6) is 5.75 Å². The molecule has 3 aromatic heterocycles.